The first-order valence-corrected chi connectivity index (χ1v) is 4.03. The lowest BCUT2D eigenvalue weighted by molar-refractivity contribution is 1.02. The van der Waals surface area contributed by atoms with Crippen molar-refractivity contribution < 1.29 is 0 Å². The van der Waals surface area contributed by atoms with Gasteiger partial charge in [-0.2, -0.15) is 5.10 Å². The Morgan fingerprint density at radius 2 is 1.83 bits per heavy atom. The maximum absolute atomic E-state index is 4.13. The van der Waals surface area contributed by atoms with Gasteiger partial charge in [0, 0.05) is 13.3 Å². The van der Waals surface area contributed by atoms with Crippen molar-refractivity contribution in [1.29, 1.82) is 0 Å². The number of hydrogen-bond acceptors (Lipinski definition) is 2. The Kier molecular flexibility index (Phi) is 2.86. The monoisotopic (exact) mass is 162 g/mol. The van der Waals surface area contributed by atoms with E-state index in [1.165, 1.54) is 5.56 Å². The summed E-state index contributed by atoms with van der Waals surface area (Å²) in [5.74, 6) is 0. The molecule has 12 heavy (non-hydrogen) atoms. The van der Waals surface area contributed by atoms with Crippen LogP contribution < -0.4 is 5.01 Å². The third-order valence-corrected chi connectivity index (χ3v) is 1.70. The molecule has 0 aliphatic rings. The van der Waals surface area contributed by atoms with Crippen LogP contribution in [0.1, 0.15) is 12.5 Å². The first kappa shape index (κ1) is 8.78. The van der Waals surface area contributed by atoms with Gasteiger partial charge in [0.2, 0.25) is 0 Å². The summed E-state index contributed by atoms with van der Waals surface area (Å²) in [6.45, 7) is 3.98. The van der Waals surface area contributed by atoms with Gasteiger partial charge in [-0.05, 0) is 26.0 Å². The topological polar surface area (TPSA) is 15.6 Å². The number of nitrogens with zero attached hydrogens (tertiary/aromatic N) is 2. The van der Waals surface area contributed by atoms with Crippen LogP contribution in [0.3, 0.4) is 0 Å². The van der Waals surface area contributed by atoms with Gasteiger partial charge in [0.15, 0.2) is 0 Å². The minimum atomic E-state index is 1.11. The van der Waals surface area contributed by atoms with Gasteiger partial charge in [0.05, 0.1) is 5.69 Å². The van der Waals surface area contributed by atoms with Crippen molar-refractivity contribution in [2.45, 2.75) is 13.8 Å². The van der Waals surface area contributed by atoms with E-state index in [4.69, 9.17) is 0 Å². The maximum atomic E-state index is 4.13. The summed E-state index contributed by atoms with van der Waals surface area (Å²) in [4.78, 5) is 0. The van der Waals surface area contributed by atoms with Crippen molar-refractivity contribution in [2.75, 3.05) is 12.1 Å². The molecule has 0 heterocycles. The molecule has 0 aromatic heterocycles. The number of hydrazone groups is 1. The number of aryl methyl sites for hydroxylation is 1. The highest BCUT2D eigenvalue weighted by Gasteiger charge is 1.94. The van der Waals surface area contributed by atoms with E-state index in [2.05, 4.69) is 36.3 Å². The van der Waals surface area contributed by atoms with Gasteiger partial charge in [-0.25, -0.2) is 0 Å². The Morgan fingerprint density at radius 1 is 1.25 bits per heavy atom. The summed E-state index contributed by atoms with van der Waals surface area (Å²) in [6.07, 6.45) is 1.78. The first-order valence-electron chi connectivity index (χ1n) is 4.03. The number of anilines is 1. The summed E-state index contributed by atoms with van der Waals surface area (Å²) < 4.78 is 0. The second-order valence-corrected chi connectivity index (χ2v) is 2.73. The zero-order valence-corrected chi connectivity index (χ0v) is 7.78. The van der Waals surface area contributed by atoms with Gasteiger partial charge in [-0.3, -0.25) is 5.01 Å². The summed E-state index contributed by atoms with van der Waals surface area (Å²) in [5, 5.41) is 5.98. The summed E-state index contributed by atoms with van der Waals surface area (Å²) in [7, 11) is 1.94. The molecule has 0 fully saturated rings. The van der Waals surface area contributed by atoms with E-state index in [9.17, 15) is 0 Å². The fourth-order valence-electron chi connectivity index (χ4n) is 1.00. The molecule has 0 atom stereocenters. The van der Waals surface area contributed by atoms with Crippen molar-refractivity contribution in [2.24, 2.45) is 5.10 Å². The van der Waals surface area contributed by atoms with Gasteiger partial charge >= 0.3 is 0 Å². The average Bonchev–Trinajstić information content (AvgIpc) is 2.06. The Balaban J connectivity index is 2.82. The molecule has 0 radical (unpaired) electrons. The second kappa shape index (κ2) is 3.90. The van der Waals surface area contributed by atoms with Crippen LogP contribution in [-0.4, -0.2) is 13.3 Å². The minimum Gasteiger partial charge on any atom is -0.269 e. The second-order valence-electron chi connectivity index (χ2n) is 2.73. The molecular formula is C10H14N2. The third-order valence-electron chi connectivity index (χ3n) is 1.70. The lowest BCUT2D eigenvalue weighted by atomic mass is 10.2. The summed E-state index contributed by atoms with van der Waals surface area (Å²) in [6, 6.07) is 8.28. The van der Waals surface area contributed by atoms with Crippen molar-refractivity contribution in [3.8, 4) is 0 Å². The molecule has 64 valence electrons. The van der Waals surface area contributed by atoms with Crippen molar-refractivity contribution >= 4 is 11.9 Å². The number of hydrogen-bond donors (Lipinski definition) is 0. The third kappa shape index (κ3) is 2.09. The van der Waals surface area contributed by atoms with Crippen LogP contribution in [0, 0.1) is 6.92 Å². The molecule has 2 nitrogen and oxygen atoms in total. The predicted molar refractivity (Wildman–Crippen MR) is 53.7 cm³/mol. The highest BCUT2D eigenvalue weighted by atomic mass is 15.4. The van der Waals surface area contributed by atoms with Crippen LogP contribution >= 0.6 is 0 Å². The Hall–Kier alpha value is -1.31. The van der Waals surface area contributed by atoms with Gasteiger partial charge in [0.25, 0.3) is 0 Å². The van der Waals surface area contributed by atoms with Crippen LogP contribution in [0.25, 0.3) is 0 Å². The molecular weight excluding hydrogens is 148 g/mol. The van der Waals surface area contributed by atoms with Crippen molar-refractivity contribution in [1.82, 2.24) is 0 Å². The van der Waals surface area contributed by atoms with Crippen LogP contribution in [0.2, 0.25) is 0 Å². The highest BCUT2D eigenvalue weighted by Crippen LogP contribution is 2.12. The zero-order chi connectivity index (χ0) is 8.97. The van der Waals surface area contributed by atoms with Gasteiger partial charge in [-0.15, -0.1) is 0 Å². The Labute approximate surface area is 73.5 Å². The quantitative estimate of drug-likeness (QED) is 0.481. The molecule has 0 unspecified atom stereocenters. The molecule has 2 heteroatoms. The van der Waals surface area contributed by atoms with Gasteiger partial charge in [-0.1, -0.05) is 17.7 Å². The molecule has 0 aliphatic carbocycles. The Bertz CT molecular complexity index is 262. The van der Waals surface area contributed by atoms with E-state index >= 15 is 0 Å². The van der Waals surface area contributed by atoms with Gasteiger partial charge in [0.1, 0.15) is 0 Å². The number of benzene rings is 1. The molecule has 0 saturated carbocycles. The predicted octanol–water partition coefficient (Wildman–Crippen LogP) is 2.44. The summed E-state index contributed by atoms with van der Waals surface area (Å²) >= 11 is 0. The normalized spacial score (nSPS) is 10.6. The van der Waals surface area contributed by atoms with E-state index in [1.54, 1.807) is 6.21 Å². The van der Waals surface area contributed by atoms with Crippen molar-refractivity contribution in [3.63, 3.8) is 0 Å². The summed E-state index contributed by atoms with van der Waals surface area (Å²) in [5.41, 5.74) is 2.38. The lowest BCUT2D eigenvalue weighted by Gasteiger charge is -2.11. The molecule has 0 N–H and O–H groups in total. The molecule has 1 aromatic carbocycles. The average molecular weight is 162 g/mol. The molecule has 0 bridgehead atoms. The molecule has 0 spiro atoms. The zero-order valence-electron chi connectivity index (χ0n) is 7.78. The SMILES string of the molecule is C/C=N\N(C)c1ccc(C)cc1. The minimum absolute atomic E-state index is 1.11. The van der Waals surface area contributed by atoms with E-state index in [0.717, 1.165) is 5.69 Å². The molecule has 0 amide bonds. The molecule has 1 aromatic rings. The fraction of sp³-hybridized carbons (Fsp3) is 0.300. The van der Waals surface area contributed by atoms with E-state index in [-0.39, 0.29) is 0 Å². The molecule has 0 saturated heterocycles. The van der Waals surface area contributed by atoms with Crippen molar-refractivity contribution in [3.05, 3.63) is 29.8 Å². The smallest absolute Gasteiger partial charge is 0.0590 e. The van der Waals surface area contributed by atoms with Crippen LogP contribution in [-0.2, 0) is 0 Å². The van der Waals surface area contributed by atoms with Crippen LogP contribution in [0.5, 0.6) is 0 Å². The lowest BCUT2D eigenvalue weighted by Crippen LogP contribution is -2.07. The van der Waals surface area contributed by atoms with Crippen LogP contribution in [0.15, 0.2) is 29.4 Å². The number of rotatable bonds is 2. The largest absolute Gasteiger partial charge is 0.269 e. The molecule has 0 aliphatic heterocycles. The van der Waals surface area contributed by atoms with E-state index < -0.39 is 0 Å². The van der Waals surface area contributed by atoms with E-state index in [0.29, 0.717) is 0 Å². The standard InChI is InChI=1S/C10H14N2/c1-4-11-12(3)10-7-5-9(2)6-8-10/h4-8H,1-3H3/b11-4-. The Morgan fingerprint density at radius 3 is 2.33 bits per heavy atom. The van der Waals surface area contributed by atoms with Gasteiger partial charge < -0.3 is 0 Å². The fourth-order valence-corrected chi connectivity index (χ4v) is 1.00. The molecule has 1 rings (SSSR count). The van der Waals surface area contributed by atoms with Crippen LogP contribution in [0.4, 0.5) is 5.69 Å². The first-order chi connectivity index (χ1) is 5.74. The maximum Gasteiger partial charge on any atom is 0.0590 e. The van der Waals surface area contributed by atoms with E-state index in [1.807, 2.05) is 19.0 Å². The highest BCUT2D eigenvalue weighted by molar-refractivity contribution is 5.57.